The first-order valence-electron chi connectivity index (χ1n) is 8.44. The van der Waals surface area contributed by atoms with Crippen LogP contribution in [0.5, 0.6) is 0 Å². The van der Waals surface area contributed by atoms with E-state index < -0.39 is 5.91 Å². The number of nitroso groups, excluding NO2 is 1. The van der Waals surface area contributed by atoms with Crippen LogP contribution in [0.15, 0.2) is 38.9 Å². The van der Waals surface area contributed by atoms with Gasteiger partial charge < -0.3 is 9.73 Å². The number of hydrogen-bond donors (Lipinski definition) is 2. The average molecular weight is 530 g/mol. The van der Waals surface area contributed by atoms with Crippen molar-refractivity contribution in [2.75, 3.05) is 18.4 Å². The van der Waals surface area contributed by atoms with Gasteiger partial charge in [0.25, 0.3) is 11.5 Å². The number of nitrogens with one attached hydrogen (secondary N) is 1. The van der Waals surface area contributed by atoms with Crippen molar-refractivity contribution in [3.05, 3.63) is 59.4 Å². The topological polar surface area (TPSA) is 123 Å². The van der Waals surface area contributed by atoms with Crippen molar-refractivity contribution in [1.29, 1.82) is 0 Å². The molecule has 0 aliphatic carbocycles. The monoisotopic (exact) mass is 529 g/mol. The Kier molecular flexibility index (Phi) is 6.24. The van der Waals surface area contributed by atoms with Gasteiger partial charge in [0.15, 0.2) is 5.58 Å². The van der Waals surface area contributed by atoms with Crippen molar-refractivity contribution in [3.8, 4) is 0 Å². The largest absolute Gasteiger partial charge is 0.463 e. The van der Waals surface area contributed by atoms with E-state index in [1.165, 1.54) is 17.9 Å². The Morgan fingerprint density at radius 3 is 2.83 bits per heavy atom. The van der Waals surface area contributed by atoms with Gasteiger partial charge in [-0.2, -0.15) is 4.91 Å². The number of aryl methyl sites for hydroxylation is 1. The molecule has 3 aromatic rings. The van der Waals surface area contributed by atoms with Crippen LogP contribution < -0.4 is 16.7 Å². The fraction of sp³-hybridized carbons (Fsp3) is 0.222. The van der Waals surface area contributed by atoms with Gasteiger partial charge >= 0.3 is 0 Å². The van der Waals surface area contributed by atoms with Gasteiger partial charge in [-0.15, -0.1) is 0 Å². The number of fused-ring (bicyclic) bond motifs is 1. The fourth-order valence-electron chi connectivity index (χ4n) is 2.90. The highest BCUT2D eigenvalue weighted by Crippen LogP contribution is 2.32. The van der Waals surface area contributed by atoms with Gasteiger partial charge in [0.2, 0.25) is 0 Å². The molecule has 0 aliphatic heterocycles. The van der Waals surface area contributed by atoms with Crippen molar-refractivity contribution >= 4 is 62.6 Å². The minimum atomic E-state index is -0.632. The fourth-order valence-corrected chi connectivity index (χ4v) is 3.80. The maximum absolute atomic E-state index is 13.1. The van der Waals surface area contributed by atoms with Crippen LogP contribution in [0.4, 0.5) is 11.5 Å². The first kappa shape index (κ1) is 21.3. The molecule has 0 spiro atoms. The summed E-state index contributed by atoms with van der Waals surface area (Å²) in [7, 11) is 1.53. The van der Waals surface area contributed by atoms with Crippen LogP contribution in [-0.4, -0.2) is 28.6 Å². The number of rotatable bonds is 6. The number of nitrogens with two attached hydrogens (primary N) is 1. The SMILES string of the molecule is Cc1coc2c(C(=O)N(N)CCN=O)c(Nc3ccc(I)cc3Cl)n(C)c(=O)c12. The molecule has 0 saturated carbocycles. The normalized spacial score (nSPS) is 10.9. The molecule has 9 nitrogen and oxygen atoms in total. The summed E-state index contributed by atoms with van der Waals surface area (Å²) in [6.07, 6.45) is 1.40. The van der Waals surface area contributed by atoms with Crippen LogP contribution in [0, 0.1) is 15.4 Å². The van der Waals surface area contributed by atoms with Gasteiger partial charge in [-0.05, 0) is 47.7 Å². The van der Waals surface area contributed by atoms with E-state index >= 15 is 0 Å². The van der Waals surface area contributed by atoms with E-state index in [-0.39, 0.29) is 41.0 Å². The van der Waals surface area contributed by atoms with E-state index in [1.54, 1.807) is 19.1 Å². The quantitative estimate of drug-likeness (QED) is 0.166. The first-order valence-corrected chi connectivity index (χ1v) is 9.90. The van der Waals surface area contributed by atoms with Crippen molar-refractivity contribution < 1.29 is 9.21 Å². The highest BCUT2D eigenvalue weighted by Gasteiger charge is 2.27. The van der Waals surface area contributed by atoms with Crippen molar-refractivity contribution in [2.24, 2.45) is 18.1 Å². The molecule has 1 aromatic carbocycles. The molecule has 3 N–H and O–H groups in total. The molecule has 3 rings (SSSR count). The molecule has 0 unspecified atom stereocenters. The zero-order valence-electron chi connectivity index (χ0n) is 15.5. The number of nitrogens with zero attached hydrogens (tertiary/aromatic N) is 3. The minimum absolute atomic E-state index is 0.0539. The molecule has 152 valence electrons. The number of aromatic nitrogens is 1. The second-order valence-corrected chi connectivity index (χ2v) is 7.96. The summed E-state index contributed by atoms with van der Waals surface area (Å²) in [5.74, 6) is 5.37. The van der Waals surface area contributed by atoms with Crippen LogP contribution in [0.25, 0.3) is 11.0 Å². The second kappa shape index (κ2) is 8.51. The summed E-state index contributed by atoms with van der Waals surface area (Å²) in [6.45, 7) is 1.46. The summed E-state index contributed by atoms with van der Waals surface area (Å²) in [4.78, 5) is 36.4. The second-order valence-electron chi connectivity index (χ2n) is 6.31. The van der Waals surface area contributed by atoms with Crippen LogP contribution in [-0.2, 0) is 7.05 Å². The zero-order valence-corrected chi connectivity index (χ0v) is 18.4. The Morgan fingerprint density at radius 2 is 2.17 bits per heavy atom. The zero-order chi connectivity index (χ0) is 21.3. The average Bonchev–Trinajstić information content (AvgIpc) is 3.06. The van der Waals surface area contributed by atoms with E-state index in [9.17, 15) is 14.5 Å². The van der Waals surface area contributed by atoms with E-state index in [0.29, 0.717) is 16.3 Å². The molecular weight excluding hydrogens is 513 g/mol. The minimum Gasteiger partial charge on any atom is -0.463 e. The highest BCUT2D eigenvalue weighted by atomic mass is 127. The predicted octanol–water partition coefficient (Wildman–Crippen LogP) is 3.52. The number of carbonyl (C=O) groups excluding carboxylic acids is 1. The first-order chi connectivity index (χ1) is 13.8. The Labute approximate surface area is 183 Å². The van der Waals surface area contributed by atoms with E-state index in [1.807, 2.05) is 6.07 Å². The number of carbonyl (C=O) groups is 1. The van der Waals surface area contributed by atoms with Crippen LogP contribution >= 0.6 is 34.2 Å². The number of hydrogen-bond acceptors (Lipinski definition) is 7. The van der Waals surface area contributed by atoms with Gasteiger partial charge in [0.1, 0.15) is 17.9 Å². The van der Waals surface area contributed by atoms with E-state index in [2.05, 4.69) is 33.1 Å². The molecular formula is C18H17ClIN5O4. The molecule has 29 heavy (non-hydrogen) atoms. The molecule has 0 radical (unpaired) electrons. The maximum atomic E-state index is 13.1. The van der Waals surface area contributed by atoms with Crippen LogP contribution in [0.2, 0.25) is 5.02 Å². The molecule has 0 saturated heterocycles. The Bertz CT molecular complexity index is 1170. The number of halogens is 2. The molecule has 1 amide bonds. The lowest BCUT2D eigenvalue weighted by Crippen LogP contribution is -2.40. The molecule has 2 aromatic heterocycles. The van der Waals surface area contributed by atoms with Crippen molar-refractivity contribution in [2.45, 2.75) is 6.92 Å². The summed E-state index contributed by atoms with van der Waals surface area (Å²) in [5, 5.41) is 7.32. The van der Waals surface area contributed by atoms with Gasteiger partial charge in [-0.1, -0.05) is 16.8 Å². The lowest BCUT2D eigenvalue weighted by molar-refractivity contribution is 0.0761. The number of benzene rings is 1. The molecule has 0 aliphatic rings. The number of anilines is 2. The Balaban J connectivity index is 2.24. The van der Waals surface area contributed by atoms with Gasteiger partial charge in [0, 0.05) is 16.2 Å². The van der Waals surface area contributed by atoms with Gasteiger partial charge in [-0.3, -0.25) is 19.2 Å². The number of hydrazine groups is 1. The number of pyridine rings is 1. The van der Waals surface area contributed by atoms with Gasteiger partial charge in [-0.25, -0.2) is 5.84 Å². The smallest absolute Gasteiger partial charge is 0.275 e. The molecule has 0 fully saturated rings. The third-order valence-corrected chi connectivity index (χ3v) is 5.37. The Hall–Kier alpha value is -2.44. The molecule has 11 heteroatoms. The maximum Gasteiger partial charge on any atom is 0.275 e. The lowest BCUT2D eigenvalue weighted by atomic mass is 10.1. The van der Waals surface area contributed by atoms with Crippen LogP contribution in [0.3, 0.4) is 0 Å². The number of amides is 1. The van der Waals surface area contributed by atoms with Gasteiger partial charge in [0.05, 0.1) is 28.9 Å². The van der Waals surface area contributed by atoms with Crippen molar-refractivity contribution in [1.82, 2.24) is 9.58 Å². The lowest BCUT2D eigenvalue weighted by Gasteiger charge is -2.20. The molecule has 2 heterocycles. The van der Waals surface area contributed by atoms with E-state index in [4.69, 9.17) is 21.9 Å². The summed E-state index contributed by atoms with van der Waals surface area (Å²) < 4.78 is 7.77. The third kappa shape index (κ3) is 4.00. The summed E-state index contributed by atoms with van der Waals surface area (Å²) >= 11 is 8.44. The predicted molar refractivity (Wildman–Crippen MR) is 120 cm³/mol. The van der Waals surface area contributed by atoms with Crippen molar-refractivity contribution in [3.63, 3.8) is 0 Å². The summed E-state index contributed by atoms with van der Waals surface area (Å²) in [5.41, 5.74) is 0.904. The molecule has 0 bridgehead atoms. The van der Waals surface area contributed by atoms with Crippen LogP contribution in [0.1, 0.15) is 15.9 Å². The molecule has 0 atom stereocenters. The number of furan rings is 1. The summed E-state index contributed by atoms with van der Waals surface area (Å²) in [6, 6.07) is 5.30. The standard InChI is InChI=1S/C18H17ClIN5O4/c1-9-8-29-15-13(9)17(26)24(2)16(14(15)18(27)25(21)6-5-22-28)23-12-4-3-10(20)7-11(12)19/h3-4,7-8,23H,5-6,21H2,1-2H3. The Morgan fingerprint density at radius 1 is 1.45 bits per heavy atom. The third-order valence-electron chi connectivity index (χ3n) is 4.38. The highest BCUT2D eigenvalue weighted by molar-refractivity contribution is 14.1. The van der Waals surface area contributed by atoms with E-state index in [0.717, 1.165) is 8.58 Å².